The van der Waals surface area contributed by atoms with E-state index in [4.69, 9.17) is 0 Å². The zero-order valence-corrected chi connectivity index (χ0v) is 9.87. The third-order valence-electron chi connectivity index (χ3n) is 2.66. The van der Waals surface area contributed by atoms with Crippen molar-refractivity contribution in [2.45, 2.75) is 12.2 Å². The zero-order chi connectivity index (χ0) is 11.6. The topological polar surface area (TPSA) is 24.1 Å². The molecule has 1 fully saturated rings. The molecule has 1 unspecified atom stereocenters. The lowest BCUT2D eigenvalue weighted by atomic mass is 10.0. The van der Waals surface area contributed by atoms with Gasteiger partial charge in [-0.05, 0) is 17.7 Å². The van der Waals surface area contributed by atoms with E-state index in [1.54, 1.807) is 6.07 Å². The largest absolute Gasteiger partial charge is 0.416 e. The second-order valence-electron chi connectivity index (χ2n) is 3.83. The maximum absolute atomic E-state index is 12.5. The predicted octanol–water partition coefficient (Wildman–Crippen LogP) is 2.36. The smallest absolute Gasteiger partial charge is 0.314 e. The number of hydrogen-bond donors (Lipinski definition) is 2. The van der Waals surface area contributed by atoms with Crippen LogP contribution >= 0.6 is 12.4 Å². The SMILES string of the molecule is Cl.FC(F)(F)c1cccc(C2CNCCN2)c1. The Morgan fingerprint density at radius 1 is 1.18 bits per heavy atom. The van der Waals surface area contributed by atoms with Crippen LogP contribution in [0.25, 0.3) is 0 Å². The van der Waals surface area contributed by atoms with Crippen LogP contribution in [0.1, 0.15) is 17.2 Å². The highest BCUT2D eigenvalue weighted by atomic mass is 35.5. The molecule has 0 amide bonds. The van der Waals surface area contributed by atoms with E-state index >= 15 is 0 Å². The van der Waals surface area contributed by atoms with Gasteiger partial charge in [0.15, 0.2) is 0 Å². The monoisotopic (exact) mass is 266 g/mol. The molecule has 0 saturated carbocycles. The third-order valence-corrected chi connectivity index (χ3v) is 2.66. The lowest BCUT2D eigenvalue weighted by Gasteiger charge is -2.25. The van der Waals surface area contributed by atoms with Gasteiger partial charge in [0, 0.05) is 25.7 Å². The number of piperazine rings is 1. The molecule has 2 rings (SSSR count). The lowest BCUT2D eigenvalue weighted by Crippen LogP contribution is -2.42. The lowest BCUT2D eigenvalue weighted by molar-refractivity contribution is -0.137. The molecule has 1 aromatic rings. The van der Waals surface area contributed by atoms with Gasteiger partial charge in [0.25, 0.3) is 0 Å². The predicted molar refractivity (Wildman–Crippen MR) is 62.3 cm³/mol. The van der Waals surface area contributed by atoms with Crippen molar-refractivity contribution < 1.29 is 13.2 Å². The molecule has 0 aromatic heterocycles. The minimum atomic E-state index is -4.27. The van der Waals surface area contributed by atoms with Gasteiger partial charge in [-0.25, -0.2) is 0 Å². The van der Waals surface area contributed by atoms with Crippen molar-refractivity contribution in [3.63, 3.8) is 0 Å². The first kappa shape index (κ1) is 14.3. The molecule has 6 heteroatoms. The van der Waals surface area contributed by atoms with E-state index in [1.807, 2.05) is 0 Å². The summed E-state index contributed by atoms with van der Waals surface area (Å²) in [6.07, 6.45) is -4.27. The van der Waals surface area contributed by atoms with Crippen LogP contribution in [-0.2, 0) is 6.18 Å². The van der Waals surface area contributed by atoms with Gasteiger partial charge in [0.2, 0.25) is 0 Å². The molecule has 17 heavy (non-hydrogen) atoms. The van der Waals surface area contributed by atoms with Crippen molar-refractivity contribution in [3.8, 4) is 0 Å². The van der Waals surface area contributed by atoms with Crippen LogP contribution in [0, 0.1) is 0 Å². The second kappa shape index (κ2) is 5.71. The summed E-state index contributed by atoms with van der Waals surface area (Å²) < 4.78 is 37.5. The van der Waals surface area contributed by atoms with Crippen LogP contribution in [0.5, 0.6) is 0 Å². The maximum atomic E-state index is 12.5. The summed E-state index contributed by atoms with van der Waals surface area (Å²) in [6, 6.07) is 5.45. The number of benzene rings is 1. The molecule has 2 N–H and O–H groups in total. The molecule has 1 aliphatic heterocycles. The first-order valence-electron chi connectivity index (χ1n) is 5.18. The van der Waals surface area contributed by atoms with Crippen molar-refractivity contribution in [2.24, 2.45) is 0 Å². The first-order valence-corrected chi connectivity index (χ1v) is 5.18. The van der Waals surface area contributed by atoms with Crippen LogP contribution in [0.2, 0.25) is 0 Å². The van der Waals surface area contributed by atoms with Crippen LogP contribution in [0.15, 0.2) is 24.3 Å². The Bertz CT molecular complexity index is 362. The third kappa shape index (κ3) is 3.59. The first-order chi connectivity index (χ1) is 7.57. The van der Waals surface area contributed by atoms with Crippen LogP contribution in [0.3, 0.4) is 0 Å². The maximum Gasteiger partial charge on any atom is 0.416 e. The molecule has 2 nitrogen and oxygen atoms in total. The average Bonchev–Trinajstić information content (AvgIpc) is 2.29. The number of nitrogens with one attached hydrogen (secondary N) is 2. The van der Waals surface area contributed by atoms with Gasteiger partial charge >= 0.3 is 6.18 Å². The molecule has 0 radical (unpaired) electrons. The molecule has 1 atom stereocenters. The van der Waals surface area contributed by atoms with E-state index in [1.165, 1.54) is 12.1 Å². The van der Waals surface area contributed by atoms with Gasteiger partial charge in [-0.3, -0.25) is 0 Å². The van der Waals surface area contributed by atoms with Gasteiger partial charge in [-0.2, -0.15) is 13.2 Å². The van der Waals surface area contributed by atoms with Gasteiger partial charge in [-0.15, -0.1) is 12.4 Å². The molecule has 0 aliphatic carbocycles. The minimum Gasteiger partial charge on any atom is -0.314 e. The average molecular weight is 267 g/mol. The summed E-state index contributed by atoms with van der Waals surface area (Å²) in [6.45, 7) is 2.30. The normalized spacial score (nSPS) is 20.8. The second-order valence-corrected chi connectivity index (χ2v) is 3.83. The number of hydrogen-bond acceptors (Lipinski definition) is 2. The van der Waals surface area contributed by atoms with Crippen molar-refractivity contribution in [2.75, 3.05) is 19.6 Å². The Labute approximate surface area is 104 Å². The molecular formula is C11H14ClF3N2. The fourth-order valence-electron chi connectivity index (χ4n) is 1.82. The van der Waals surface area contributed by atoms with Crippen LogP contribution < -0.4 is 10.6 Å². The van der Waals surface area contributed by atoms with E-state index < -0.39 is 11.7 Å². The number of rotatable bonds is 1. The summed E-state index contributed by atoms with van der Waals surface area (Å²) in [5.41, 5.74) is 0.0967. The van der Waals surface area contributed by atoms with E-state index in [0.717, 1.165) is 19.2 Å². The van der Waals surface area contributed by atoms with Crippen molar-refractivity contribution in [3.05, 3.63) is 35.4 Å². The Kier molecular flexibility index (Phi) is 4.80. The fourth-order valence-corrected chi connectivity index (χ4v) is 1.82. The van der Waals surface area contributed by atoms with Crippen LogP contribution in [-0.4, -0.2) is 19.6 Å². The highest BCUT2D eigenvalue weighted by molar-refractivity contribution is 5.85. The molecule has 1 aliphatic rings. The van der Waals surface area contributed by atoms with Crippen molar-refractivity contribution in [1.29, 1.82) is 0 Å². The summed E-state index contributed by atoms with van der Waals surface area (Å²) in [5.74, 6) is 0. The van der Waals surface area contributed by atoms with Crippen molar-refractivity contribution in [1.82, 2.24) is 10.6 Å². The van der Waals surface area contributed by atoms with E-state index in [0.29, 0.717) is 12.1 Å². The fraction of sp³-hybridized carbons (Fsp3) is 0.455. The molecular weight excluding hydrogens is 253 g/mol. The number of alkyl halides is 3. The van der Waals surface area contributed by atoms with Gasteiger partial charge in [-0.1, -0.05) is 12.1 Å². The summed E-state index contributed by atoms with van der Waals surface area (Å²) in [7, 11) is 0. The van der Waals surface area contributed by atoms with Crippen LogP contribution in [0.4, 0.5) is 13.2 Å². The van der Waals surface area contributed by atoms with E-state index in [9.17, 15) is 13.2 Å². The molecule has 0 spiro atoms. The highest BCUT2D eigenvalue weighted by Gasteiger charge is 2.31. The van der Waals surface area contributed by atoms with Crippen molar-refractivity contribution >= 4 is 12.4 Å². The molecule has 1 saturated heterocycles. The van der Waals surface area contributed by atoms with Gasteiger partial charge < -0.3 is 10.6 Å². The number of halogens is 4. The quantitative estimate of drug-likeness (QED) is 0.815. The molecule has 96 valence electrons. The summed E-state index contributed by atoms with van der Waals surface area (Å²) in [5, 5.41) is 6.33. The van der Waals surface area contributed by atoms with Gasteiger partial charge in [0.05, 0.1) is 5.56 Å². The molecule has 1 heterocycles. The van der Waals surface area contributed by atoms with E-state index in [2.05, 4.69) is 10.6 Å². The van der Waals surface area contributed by atoms with Gasteiger partial charge in [0.1, 0.15) is 0 Å². The van der Waals surface area contributed by atoms with E-state index in [-0.39, 0.29) is 18.4 Å². The zero-order valence-electron chi connectivity index (χ0n) is 9.05. The highest BCUT2D eigenvalue weighted by Crippen LogP contribution is 2.30. The Morgan fingerprint density at radius 2 is 1.94 bits per heavy atom. The Morgan fingerprint density at radius 3 is 2.53 bits per heavy atom. The standard InChI is InChI=1S/C11H13F3N2.ClH/c12-11(13,14)9-3-1-2-8(6-9)10-7-15-4-5-16-10;/h1-3,6,10,15-16H,4-5,7H2;1H. The molecule has 0 bridgehead atoms. The Hall–Kier alpha value is -0.780. The minimum absolute atomic E-state index is 0. The Balaban J connectivity index is 0.00000144. The summed E-state index contributed by atoms with van der Waals surface area (Å²) >= 11 is 0. The molecule has 1 aromatic carbocycles. The summed E-state index contributed by atoms with van der Waals surface area (Å²) in [4.78, 5) is 0.